The van der Waals surface area contributed by atoms with Crippen LogP contribution in [-0.4, -0.2) is 45.0 Å². The van der Waals surface area contributed by atoms with Crippen LogP contribution < -0.4 is 10.6 Å². The third-order valence-corrected chi connectivity index (χ3v) is 5.71. The van der Waals surface area contributed by atoms with Gasteiger partial charge in [0, 0.05) is 13.1 Å². The lowest BCUT2D eigenvalue weighted by atomic mass is 10.2. The van der Waals surface area contributed by atoms with Crippen LogP contribution in [0.5, 0.6) is 0 Å². The predicted molar refractivity (Wildman–Crippen MR) is 92.9 cm³/mol. The highest BCUT2D eigenvalue weighted by Gasteiger charge is 2.32. The van der Waals surface area contributed by atoms with E-state index in [9.17, 15) is 18.0 Å². The zero-order valence-corrected chi connectivity index (χ0v) is 15.0. The molecule has 0 aliphatic rings. The molecule has 1 atom stereocenters. The Labute approximate surface area is 151 Å². The first kappa shape index (κ1) is 19.7. The molecule has 140 valence electrons. The smallest absolute Gasteiger partial charge is 0.309 e. The van der Waals surface area contributed by atoms with Crippen LogP contribution in [0, 0.1) is 6.92 Å². The predicted octanol–water partition coefficient (Wildman–Crippen LogP) is 0.328. The van der Waals surface area contributed by atoms with Gasteiger partial charge in [-0.05, 0) is 31.2 Å². The number of aliphatic hydroxyl groups is 1. The number of hydrogen-bond acceptors (Lipinski definition) is 6. The molecule has 2 rings (SSSR count). The monoisotopic (exact) mass is 380 g/mol. The van der Waals surface area contributed by atoms with Gasteiger partial charge in [-0.1, -0.05) is 17.7 Å². The topological polar surface area (TPSA) is 126 Å². The van der Waals surface area contributed by atoms with Crippen molar-refractivity contribution in [3.63, 3.8) is 0 Å². The van der Waals surface area contributed by atoms with Crippen molar-refractivity contribution in [1.82, 2.24) is 10.6 Å². The van der Waals surface area contributed by atoms with E-state index >= 15 is 0 Å². The summed E-state index contributed by atoms with van der Waals surface area (Å²) in [6.07, 6.45) is 1.34. The average molecular weight is 380 g/mol. The SMILES string of the molecule is Cc1ccc(S(=O)(=O)[C@@H](CNC(=O)C(=O)NCCO)c2ccco2)cc1. The van der Waals surface area contributed by atoms with Crippen LogP contribution in [0.1, 0.15) is 16.6 Å². The van der Waals surface area contributed by atoms with Gasteiger partial charge in [0.05, 0.1) is 17.8 Å². The lowest BCUT2D eigenvalue weighted by Gasteiger charge is -2.16. The second-order valence-electron chi connectivity index (χ2n) is 5.55. The van der Waals surface area contributed by atoms with Gasteiger partial charge in [0.2, 0.25) is 0 Å². The lowest BCUT2D eigenvalue weighted by Crippen LogP contribution is -2.43. The molecule has 3 N–H and O–H groups in total. The molecule has 0 saturated carbocycles. The standard InChI is InChI=1S/C17H20N2O6S/c1-12-4-6-13(7-5-12)26(23,24)15(14-3-2-10-25-14)11-19-17(22)16(21)18-8-9-20/h2-7,10,15,20H,8-9,11H2,1H3,(H,18,21)(H,19,22)/t15-/m0/s1. The van der Waals surface area contributed by atoms with Crippen molar-refractivity contribution in [1.29, 1.82) is 0 Å². The molecule has 0 saturated heterocycles. The number of nitrogens with one attached hydrogen (secondary N) is 2. The molecule has 0 spiro atoms. The van der Waals surface area contributed by atoms with Crippen molar-refractivity contribution in [2.24, 2.45) is 0 Å². The van der Waals surface area contributed by atoms with Crippen molar-refractivity contribution in [2.45, 2.75) is 17.1 Å². The molecule has 0 bridgehead atoms. The van der Waals surface area contributed by atoms with E-state index in [-0.39, 0.29) is 30.4 Å². The molecule has 2 amide bonds. The zero-order valence-electron chi connectivity index (χ0n) is 14.1. The first-order valence-corrected chi connectivity index (χ1v) is 9.41. The van der Waals surface area contributed by atoms with Crippen LogP contribution in [0.4, 0.5) is 0 Å². The molecule has 9 heteroatoms. The number of sulfone groups is 1. The van der Waals surface area contributed by atoms with Crippen LogP contribution in [0.25, 0.3) is 0 Å². The van der Waals surface area contributed by atoms with Crippen molar-refractivity contribution < 1.29 is 27.5 Å². The van der Waals surface area contributed by atoms with Crippen molar-refractivity contribution >= 4 is 21.7 Å². The Kier molecular flexibility index (Phi) is 6.53. The molecule has 0 unspecified atom stereocenters. The molecule has 26 heavy (non-hydrogen) atoms. The molecule has 1 heterocycles. The number of rotatable bonds is 7. The second kappa shape index (κ2) is 8.63. The molecular weight excluding hydrogens is 360 g/mol. The highest BCUT2D eigenvalue weighted by molar-refractivity contribution is 7.91. The molecule has 1 aromatic heterocycles. The fourth-order valence-electron chi connectivity index (χ4n) is 2.25. The zero-order chi connectivity index (χ0) is 19.2. The van der Waals surface area contributed by atoms with Gasteiger partial charge < -0.3 is 20.2 Å². The maximum atomic E-state index is 13.0. The summed E-state index contributed by atoms with van der Waals surface area (Å²) >= 11 is 0. The van der Waals surface area contributed by atoms with Crippen LogP contribution in [0.3, 0.4) is 0 Å². The van der Waals surface area contributed by atoms with Crippen LogP contribution >= 0.6 is 0 Å². The molecule has 8 nitrogen and oxygen atoms in total. The number of aryl methyl sites for hydroxylation is 1. The van der Waals surface area contributed by atoms with Crippen LogP contribution in [-0.2, 0) is 19.4 Å². The summed E-state index contributed by atoms with van der Waals surface area (Å²) < 4.78 is 31.1. The minimum atomic E-state index is -3.86. The van der Waals surface area contributed by atoms with Gasteiger partial charge in [0.15, 0.2) is 9.84 Å². The number of carbonyl (C=O) groups excluding carboxylic acids is 2. The van der Waals surface area contributed by atoms with E-state index in [1.807, 2.05) is 6.92 Å². The van der Waals surface area contributed by atoms with E-state index in [0.29, 0.717) is 0 Å². The first-order valence-electron chi connectivity index (χ1n) is 7.87. The molecule has 0 radical (unpaired) electrons. The van der Waals surface area contributed by atoms with Gasteiger partial charge >= 0.3 is 11.8 Å². The third kappa shape index (κ3) is 4.70. The first-order chi connectivity index (χ1) is 12.4. The van der Waals surface area contributed by atoms with Gasteiger partial charge in [-0.25, -0.2) is 8.42 Å². The minimum Gasteiger partial charge on any atom is -0.468 e. The second-order valence-corrected chi connectivity index (χ2v) is 7.68. The maximum Gasteiger partial charge on any atom is 0.309 e. The Morgan fingerprint density at radius 3 is 2.35 bits per heavy atom. The molecule has 0 aliphatic carbocycles. The van der Waals surface area contributed by atoms with E-state index in [4.69, 9.17) is 9.52 Å². The minimum absolute atomic E-state index is 0.0739. The van der Waals surface area contributed by atoms with E-state index in [2.05, 4.69) is 10.6 Å². The van der Waals surface area contributed by atoms with Crippen LogP contribution in [0.2, 0.25) is 0 Å². The van der Waals surface area contributed by atoms with Crippen LogP contribution in [0.15, 0.2) is 52.0 Å². The summed E-state index contributed by atoms with van der Waals surface area (Å²) in [5.74, 6) is -1.79. The number of carbonyl (C=O) groups is 2. The fourth-order valence-corrected chi connectivity index (χ4v) is 3.83. The number of amides is 2. The quantitative estimate of drug-likeness (QED) is 0.594. The average Bonchev–Trinajstić information content (AvgIpc) is 3.14. The van der Waals surface area contributed by atoms with Gasteiger partial charge in [-0.3, -0.25) is 9.59 Å². The molecule has 0 fully saturated rings. The summed E-state index contributed by atoms with van der Waals surface area (Å²) in [5, 5.41) is 12.0. The molecular formula is C17H20N2O6S. The Balaban J connectivity index is 2.21. The van der Waals surface area contributed by atoms with E-state index in [0.717, 1.165) is 5.56 Å². The Hall–Kier alpha value is -2.65. The number of aliphatic hydroxyl groups excluding tert-OH is 1. The summed E-state index contributed by atoms with van der Waals surface area (Å²) in [7, 11) is -3.86. The summed E-state index contributed by atoms with van der Waals surface area (Å²) in [5.41, 5.74) is 0.910. The Morgan fingerprint density at radius 1 is 1.12 bits per heavy atom. The normalized spacial score (nSPS) is 12.4. The van der Waals surface area contributed by atoms with Crippen molar-refractivity contribution in [3.8, 4) is 0 Å². The summed E-state index contributed by atoms with van der Waals surface area (Å²) in [4.78, 5) is 23.4. The largest absolute Gasteiger partial charge is 0.468 e. The molecule has 2 aromatic rings. The van der Waals surface area contributed by atoms with Gasteiger partial charge in [0.1, 0.15) is 11.0 Å². The van der Waals surface area contributed by atoms with Gasteiger partial charge in [-0.2, -0.15) is 0 Å². The number of benzene rings is 1. The highest BCUT2D eigenvalue weighted by Crippen LogP contribution is 2.29. The maximum absolute atomic E-state index is 13.0. The summed E-state index contributed by atoms with van der Waals surface area (Å²) in [6, 6.07) is 9.35. The molecule has 1 aromatic carbocycles. The van der Waals surface area contributed by atoms with Crippen molar-refractivity contribution in [3.05, 3.63) is 54.0 Å². The van der Waals surface area contributed by atoms with E-state index in [1.54, 1.807) is 18.2 Å². The van der Waals surface area contributed by atoms with Gasteiger partial charge in [0.25, 0.3) is 0 Å². The Bertz CT molecular complexity index is 844. The third-order valence-electron chi connectivity index (χ3n) is 3.64. The number of hydrogen-bond donors (Lipinski definition) is 3. The van der Waals surface area contributed by atoms with Gasteiger partial charge in [-0.15, -0.1) is 0 Å². The fraction of sp³-hybridized carbons (Fsp3) is 0.294. The number of furan rings is 1. The summed E-state index contributed by atoms with van der Waals surface area (Å²) in [6.45, 7) is 1.12. The van der Waals surface area contributed by atoms with Crippen molar-refractivity contribution in [2.75, 3.05) is 19.7 Å². The highest BCUT2D eigenvalue weighted by atomic mass is 32.2. The lowest BCUT2D eigenvalue weighted by molar-refractivity contribution is -0.139. The Morgan fingerprint density at radius 2 is 1.77 bits per heavy atom. The van der Waals surface area contributed by atoms with E-state index in [1.165, 1.54) is 24.5 Å². The molecule has 0 aliphatic heterocycles. The van der Waals surface area contributed by atoms with E-state index < -0.39 is 26.9 Å².